The van der Waals surface area contributed by atoms with E-state index in [1.807, 2.05) is 32.0 Å². The molecule has 0 spiro atoms. The molecule has 108 valence electrons. The third-order valence-electron chi connectivity index (χ3n) is 2.94. The van der Waals surface area contributed by atoms with E-state index in [0.29, 0.717) is 12.1 Å². The van der Waals surface area contributed by atoms with E-state index in [2.05, 4.69) is 17.0 Å². The highest BCUT2D eigenvalue weighted by Gasteiger charge is 2.11. The van der Waals surface area contributed by atoms with Gasteiger partial charge in [0.05, 0.1) is 5.75 Å². The highest BCUT2D eigenvalue weighted by molar-refractivity contribution is 7.92. The number of benzene rings is 1. The van der Waals surface area contributed by atoms with E-state index in [1.54, 1.807) is 6.07 Å². The first-order chi connectivity index (χ1) is 8.98. The highest BCUT2D eigenvalue weighted by Crippen LogP contribution is 2.18. The van der Waals surface area contributed by atoms with Crippen LogP contribution in [-0.4, -0.2) is 20.7 Å². The Morgan fingerprint density at radius 2 is 2.00 bits per heavy atom. The van der Waals surface area contributed by atoms with E-state index in [0.717, 1.165) is 18.5 Å². The predicted octanol–water partition coefficient (Wildman–Crippen LogP) is 2.90. The number of rotatable bonds is 8. The van der Waals surface area contributed by atoms with Gasteiger partial charge in [-0.2, -0.15) is 0 Å². The van der Waals surface area contributed by atoms with Crippen molar-refractivity contribution in [3.63, 3.8) is 0 Å². The van der Waals surface area contributed by atoms with Gasteiger partial charge in [-0.3, -0.25) is 4.72 Å². The Bertz CT molecular complexity index is 486. The third-order valence-corrected chi connectivity index (χ3v) is 4.31. The fourth-order valence-corrected chi connectivity index (χ4v) is 3.12. The first-order valence-corrected chi connectivity index (χ1v) is 8.47. The molecule has 4 nitrogen and oxygen atoms in total. The van der Waals surface area contributed by atoms with Gasteiger partial charge >= 0.3 is 0 Å². The molecule has 0 aliphatic heterocycles. The van der Waals surface area contributed by atoms with Crippen LogP contribution in [0.3, 0.4) is 0 Å². The van der Waals surface area contributed by atoms with Crippen LogP contribution >= 0.6 is 0 Å². The van der Waals surface area contributed by atoms with Gasteiger partial charge in [-0.05, 0) is 37.6 Å². The normalized spacial score (nSPS) is 13.2. The van der Waals surface area contributed by atoms with Crippen LogP contribution in [0.15, 0.2) is 24.3 Å². The average molecular weight is 284 g/mol. The lowest BCUT2D eigenvalue weighted by molar-refractivity contribution is 0.596. The Balaban J connectivity index is 2.77. The molecule has 0 heterocycles. The molecule has 19 heavy (non-hydrogen) atoms. The number of hydrogen-bond acceptors (Lipinski definition) is 3. The fraction of sp³-hybridized carbons (Fsp3) is 0.571. The fourth-order valence-electron chi connectivity index (χ4n) is 1.86. The summed E-state index contributed by atoms with van der Waals surface area (Å²) in [6, 6.07) is 7.76. The van der Waals surface area contributed by atoms with Crippen molar-refractivity contribution in [2.75, 3.05) is 17.0 Å². The molecule has 1 rings (SSSR count). The van der Waals surface area contributed by atoms with Crippen molar-refractivity contribution < 1.29 is 8.42 Å². The van der Waals surface area contributed by atoms with Crippen LogP contribution in [0.25, 0.3) is 0 Å². The molecule has 0 bridgehead atoms. The molecule has 5 heteroatoms. The number of anilines is 1. The van der Waals surface area contributed by atoms with Crippen LogP contribution in [0.2, 0.25) is 0 Å². The Labute approximate surface area is 116 Å². The summed E-state index contributed by atoms with van der Waals surface area (Å²) in [4.78, 5) is 0. The zero-order chi connectivity index (χ0) is 14.3. The van der Waals surface area contributed by atoms with Gasteiger partial charge in [0.15, 0.2) is 0 Å². The van der Waals surface area contributed by atoms with Gasteiger partial charge in [0.25, 0.3) is 0 Å². The Morgan fingerprint density at radius 1 is 1.26 bits per heavy atom. The van der Waals surface area contributed by atoms with Crippen molar-refractivity contribution in [3.05, 3.63) is 29.8 Å². The second-order valence-electron chi connectivity index (χ2n) is 4.68. The monoisotopic (exact) mass is 284 g/mol. The van der Waals surface area contributed by atoms with Crippen LogP contribution in [0.1, 0.15) is 45.2 Å². The molecular weight excluding hydrogens is 260 g/mol. The molecule has 1 aromatic rings. The van der Waals surface area contributed by atoms with Crippen LogP contribution in [0.4, 0.5) is 5.69 Å². The van der Waals surface area contributed by atoms with Gasteiger partial charge in [-0.1, -0.05) is 32.4 Å². The van der Waals surface area contributed by atoms with Crippen molar-refractivity contribution in [1.82, 2.24) is 5.32 Å². The molecule has 1 unspecified atom stereocenters. The second-order valence-corrected chi connectivity index (χ2v) is 6.52. The van der Waals surface area contributed by atoms with E-state index in [9.17, 15) is 8.42 Å². The van der Waals surface area contributed by atoms with Crippen LogP contribution in [0.5, 0.6) is 0 Å². The minimum Gasteiger partial charge on any atom is -0.310 e. The maximum Gasteiger partial charge on any atom is 0.232 e. The summed E-state index contributed by atoms with van der Waals surface area (Å²) in [5.74, 6) is 0.177. The summed E-state index contributed by atoms with van der Waals surface area (Å²) in [5, 5.41) is 3.31. The van der Waals surface area contributed by atoms with Gasteiger partial charge in [-0.15, -0.1) is 0 Å². The number of sulfonamides is 1. The molecule has 0 aromatic heterocycles. The van der Waals surface area contributed by atoms with Crippen molar-refractivity contribution in [3.8, 4) is 0 Å². The van der Waals surface area contributed by atoms with Crippen LogP contribution < -0.4 is 10.0 Å². The van der Waals surface area contributed by atoms with Gasteiger partial charge < -0.3 is 5.32 Å². The first kappa shape index (κ1) is 16.0. The average Bonchev–Trinajstić information content (AvgIpc) is 2.36. The second kappa shape index (κ2) is 7.50. The maximum atomic E-state index is 11.8. The standard InChI is InChI=1S/C14H24N2O2S/c1-4-6-10-19(17,18)16-14-9-7-8-13(11-14)12(3)15-5-2/h7-9,11-12,15-16H,4-6,10H2,1-3H3. The molecule has 0 aliphatic carbocycles. The smallest absolute Gasteiger partial charge is 0.232 e. The number of hydrogen-bond donors (Lipinski definition) is 2. The minimum atomic E-state index is -3.22. The van der Waals surface area contributed by atoms with Crippen LogP contribution in [-0.2, 0) is 10.0 Å². The molecule has 0 aliphatic rings. The SMILES string of the molecule is CCCCS(=O)(=O)Nc1cccc(C(C)NCC)c1. The Morgan fingerprint density at radius 3 is 2.63 bits per heavy atom. The molecule has 1 aromatic carbocycles. The first-order valence-electron chi connectivity index (χ1n) is 6.82. The molecule has 1 atom stereocenters. The molecule has 2 N–H and O–H groups in total. The van der Waals surface area contributed by atoms with E-state index < -0.39 is 10.0 Å². The molecule has 0 saturated heterocycles. The molecule has 0 radical (unpaired) electrons. The maximum absolute atomic E-state index is 11.8. The van der Waals surface area contributed by atoms with E-state index >= 15 is 0 Å². The van der Waals surface area contributed by atoms with Gasteiger partial charge in [-0.25, -0.2) is 8.42 Å². The van der Waals surface area contributed by atoms with Crippen molar-refractivity contribution in [2.45, 2.75) is 39.7 Å². The lowest BCUT2D eigenvalue weighted by atomic mass is 10.1. The van der Waals surface area contributed by atoms with E-state index in [1.165, 1.54) is 0 Å². The van der Waals surface area contributed by atoms with E-state index in [-0.39, 0.29) is 11.8 Å². The van der Waals surface area contributed by atoms with Gasteiger partial charge in [0.1, 0.15) is 0 Å². The zero-order valence-corrected chi connectivity index (χ0v) is 12.8. The summed E-state index contributed by atoms with van der Waals surface area (Å²) in [6.45, 7) is 6.98. The zero-order valence-electron chi connectivity index (χ0n) is 11.9. The third kappa shape index (κ3) is 5.61. The van der Waals surface area contributed by atoms with Crippen molar-refractivity contribution in [2.24, 2.45) is 0 Å². The summed E-state index contributed by atoms with van der Waals surface area (Å²) in [6.07, 6.45) is 1.56. The van der Waals surface area contributed by atoms with Gasteiger partial charge in [0, 0.05) is 11.7 Å². The number of unbranched alkanes of at least 4 members (excludes halogenated alkanes) is 1. The number of nitrogens with one attached hydrogen (secondary N) is 2. The summed E-state index contributed by atoms with van der Waals surface area (Å²) in [7, 11) is -3.22. The molecule has 0 fully saturated rings. The Kier molecular flexibility index (Phi) is 6.31. The summed E-state index contributed by atoms with van der Waals surface area (Å²) < 4.78 is 26.3. The molecule has 0 amide bonds. The molecule has 0 saturated carbocycles. The predicted molar refractivity (Wildman–Crippen MR) is 80.9 cm³/mol. The Hall–Kier alpha value is -1.07. The lowest BCUT2D eigenvalue weighted by Gasteiger charge is -2.14. The summed E-state index contributed by atoms with van der Waals surface area (Å²) in [5.41, 5.74) is 1.72. The minimum absolute atomic E-state index is 0.177. The summed E-state index contributed by atoms with van der Waals surface area (Å²) >= 11 is 0. The van der Waals surface area contributed by atoms with E-state index in [4.69, 9.17) is 0 Å². The quantitative estimate of drug-likeness (QED) is 0.771. The van der Waals surface area contributed by atoms with Crippen LogP contribution in [0, 0.1) is 0 Å². The molecular formula is C14H24N2O2S. The van der Waals surface area contributed by atoms with Crippen molar-refractivity contribution >= 4 is 15.7 Å². The largest absolute Gasteiger partial charge is 0.310 e. The lowest BCUT2D eigenvalue weighted by Crippen LogP contribution is -2.19. The highest BCUT2D eigenvalue weighted by atomic mass is 32.2. The topological polar surface area (TPSA) is 58.2 Å². The van der Waals surface area contributed by atoms with Gasteiger partial charge in [0.2, 0.25) is 10.0 Å². The van der Waals surface area contributed by atoms with Crippen molar-refractivity contribution in [1.29, 1.82) is 0 Å².